The summed E-state index contributed by atoms with van der Waals surface area (Å²) in [6, 6.07) is 57.8. The third kappa shape index (κ3) is 4.72. The van der Waals surface area contributed by atoms with Crippen LogP contribution in [0.5, 0.6) is 0 Å². The Morgan fingerprint density at radius 3 is 1.85 bits per heavy atom. The van der Waals surface area contributed by atoms with E-state index >= 15 is 0 Å². The van der Waals surface area contributed by atoms with E-state index in [1.807, 2.05) is 23.5 Å². The van der Waals surface area contributed by atoms with Gasteiger partial charge in [0.05, 0.1) is 0 Å². The highest BCUT2D eigenvalue weighted by Crippen LogP contribution is 2.46. The molecule has 0 spiro atoms. The summed E-state index contributed by atoms with van der Waals surface area (Å²) < 4.78 is 11.8. The van der Waals surface area contributed by atoms with Crippen molar-refractivity contribution in [3.8, 4) is 45.3 Å². The Hall–Kier alpha value is -6.73. The van der Waals surface area contributed by atoms with Crippen molar-refractivity contribution in [2.24, 2.45) is 0 Å². The van der Waals surface area contributed by atoms with Gasteiger partial charge >= 0.3 is 0 Å². The summed E-state index contributed by atoms with van der Waals surface area (Å²) >= 11 is 3.62. The molecule has 8 aromatic carbocycles. The molecule has 0 unspecified atom stereocenters. The standard InChI is InChI=1S/C49H27N3OS2/c1-2-13-30-28(11-1)12-9-18-35(30)48-50-47(29-23-24-32-31-14-4-7-20-40(31)55-43(32)27-29)51-49(52-48)38-26-25-34(46-45(38)36-15-3-6-19-39(36)53-46)33-17-10-22-42-44(33)37-16-5-8-21-41(37)54-42/h1-27H. The Morgan fingerprint density at radius 1 is 0.364 bits per heavy atom. The number of fused-ring (bicyclic) bond motifs is 10. The van der Waals surface area contributed by atoms with Crippen LogP contribution < -0.4 is 0 Å². The molecule has 4 nitrogen and oxygen atoms in total. The van der Waals surface area contributed by atoms with Crippen LogP contribution in [-0.4, -0.2) is 15.0 Å². The lowest BCUT2D eigenvalue weighted by atomic mass is 9.95. The Morgan fingerprint density at radius 2 is 0.964 bits per heavy atom. The summed E-state index contributed by atoms with van der Waals surface area (Å²) in [6.45, 7) is 0. The number of thiophene rings is 2. The summed E-state index contributed by atoms with van der Waals surface area (Å²) in [7, 11) is 0. The first-order chi connectivity index (χ1) is 27.2. The number of nitrogens with zero attached hydrogens (tertiary/aromatic N) is 3. The van der Waals surface area contributed by atoms with Crippen molar-refractivity contribution in [2.75, 3.05) is 0 Å². The lowest BCUT2D eigenvalue weighted by molar-refractivity contribution is 0.670. The van der Waals surface area contributed by atoms with Gasteiger partial charge in [0.1, 0.15) is 11.2 Å². The fourth-order valence-corrected chi connectivity index (χ4v) is 10.5. The van der Waals surface area contributed by atoms with E-state index in [4.69, 9.17) is 19.4 Å². The number of hydrogen-bond donors (Lipinski definition) is 0. The van der Waals surface area contributed by atoms with Gasteiger partial charge in [0.15, 0.2) is 17.5 Å². The van der Waals surface area contributed by atoms with Gasteiger partial charge in [-0.3, -0.25) is 0 Å². The average Bonchev–Trinajstić information content (AvgIpc) is 3.94. The first-order valence-corrected chi connectivity index (χ1v) is 19.9. The van der Waals surface area contributed by atoms with E-state index in [0.717, 1.165) is 60.5 Å². The summed E-state index contributed by atoms with van der Waals surface area (Å²) in [5.41, 5.74) is 6.66. The van der Waals surface area contributed by atoms with Crippen molar-refractivity contribution >= 4 is 95.7 Å². The van der Waals surface area contributed by atoms with E-state index in [-0.39, 0.29) is 0 Å². The topological polar surface area (TPSA) is 51.8 Å². The van der Waals surface area contributed by atoms with Gasteiger partial charge in [-0.25, -0.2) is 15.0 Å². The maximum absolute atomic E-state index is 6.84. The molecule has 4 aromatic heterocycles. The molecule has 6 heteroatoms. The molecular formula is C49H27N3OS2. The van der Waals surface area contributed by atoms with E-state index in [1.165, 1.54) is 40.3 Å². The zero-order valence-corrected chi connectivity index (χ0v) is 30.8. The maximum Gasteiger partial charge on any atom is 0.164 e. The second-order valence-corrected chi connectivity index (χ2v) is 16.0. The molecule has 0 aliphatic rings. The minimum absolute atomic E-state index is 0.603. The average molecular weight is 738 g/mol. The van der Waals surface area contributed by atoms with Crippen LogP contribution >= 0.6 is 22.7 Å². The molecule has 0 aliphatic heterocycles. The number of aromatic nitrogens is 3. The molecule has 0 atom stereocenters. The SMILES string of the molecule is c1ccc2c(-c3nc(-c4ccc5c(c4)sc4ccccc45)nc(-c4ccc(-c5cccc6sc7ccccc7c56)c5oc6ccccc6c45)n3)cccc2c1. The van der Waals surface area contributed by atoms with Crippen molar-refractivity contribution in [1.82, 2.24) is 15.0 Å². The van der Waals surface area contributed by atoms with Gasteiger partial charge < -0.3 is 4.42 Å². The minimum atomic E-state index is 0.603. The Labute approximate surface area is 322 Å². The number of furan rings is 1. The van der Waals surface area contributed by atoms with Crippen LogP contribution in [0.15, 0.2) is 168 Å². The molecule has 4 heterocycles. The molecule has 0 amide bonds. The molecule has 0 radical (unpaired) electrons. The zero-order valence-electron chi connectivity index (χ0n) is 29.2. The van der Waals surface area contributed by atoms with Crippen molar-refractivity contribution in [2.45, 2.75) is 0 Å². The van der Waals surface area contributed by atoms with Gasteiger partial charge in [-0.1, -0.05) is 121 Å². The second kappa shape index (κ2) is 11.9. The van der Waals surface area contributed by atoms with Crippen LogP contribution in [0.25, 0.3) is 118 Å². The van der Waals surface area contributed by atoms with Crippen LogP contribution in [0.4, 0.5) is 0 Å². The van der Waals surface area contributed by atoms with E-state index in [1.54, 1.807) is 11.3 Å². The van der Waals surface area contributed by atoms with Gasteiger partial charge in [-0.2, -0.15) is 0 Å². The molecule has 0 fully saturated rings. The molecule has 55 heavy (non-hydrogen) atoms. The Balaban J connectivity index is 1.14. The van der Waals surface area contributed by atoms with Gasteiger partial charge in [-0.15, -0.1) is 22.7 Å². The Bertz CT molecular complexity index is 3510. The van der Waals surface area contributed by atoms with Gasteiger partial charge in [0.25, 0.3) is 0 Å². The van der Waals surface area contributed by atoms with Crippen LogP contribution in [-0.2, 0) is 0 Å². The molecule has 0 saturated carbocycles. The van der Waals surface area contributed by atoms with Crippen molar-refractivity contribution in [3.63, 3.8) is 0 Å². The fraction of sp³-hybridized carbons (Fsp3) is 0. The van der Waals surface area contributed by atoms with E-state index in [2.05, 4.69) is 152 Å². The van der Waals surface area contributed by atoms with Crippen LogP contribution in [0.1, 0.15) is 0 Å². The zero-order chi connectivity index (χ0) is 36.0. The molecule has 0 aliphatic carbocycles. The van der Waals surface area contributed by atoms with Gasteiger partial charge in [0, 0.05) is 73.4 Å². The Kier molecular flexibility index (Phi) is 6.64. The number of rotatable bonds is 4. The lowest BCUT2D eigenvalue weighted by Crippen LogP contribution is -2.01. The first kappa shape index (κ1) is 30.7. The van der Waals surface area contributed by atoms with Crippen molar-refractivity contribution in [3.05, 3.63) is 164 Å². The monoisotopic (exact) mass is 737 g/mol. The highest BCUT2D eigenvalue weighted by molar-refractivity contribution is 7.26. The lowest BCUT2D eigenvalue weighted by Gasteiger charge is -2.12. The van der Waals surface area contributed by atoms with Gasteiger partial charge in [-0.05, 0) is 58.8 Å². The summed E-state index contributed by atoms with van der Waals surface area (Å²) in [5, 5.41) is 9.25. The molecule has 12 aromatic rings. The summed E-state index contributed by atoms with van der Waals surface area (Å²) in [5.74, 6) is 1.87. The van der Waals surface area contributed by atoms with Crippen LogP contribution in [0.3, 0.4) is 0 Å². The number of hydrogen-bond acceptors (Lipinski definition) is 6. The largest absolute Gasteiger partial charge is 0.455 e. The third-order valence-electron chi connectivity index (χ3n) is 10.8. The van der Waals surface area contributed by atoms with Crippen LogP contribution in [0, 0.1) is 0 Å². The van der Waals surface area contributed by atoms with Crippen molar-refractivity contribution in [1.29, 1.82) is 0 Å². The molecule has 12 rings (SSSR count). The third-order valence-corrected chi connectivity index (χ3v) is 13.0. The van der Waals surface area contributed by atoms with Crippen LogP contribution in [0.2, 0.25) is 0 Å². The summed E-state index contributed by atoms with van der Waals surface area (Å²) in [6.07, 6.45) is 0. The maximum atomic E-state index is 6.84. The predicted octanol–water partition coefficient (Wildman–Crippen LogP) is 14.3. The normalized spacial score (nSPS) is 12.0. The highest BCUT2D eigenvalue weighted by atomic mass is 32.1. The smallest absolute Gasteiger partial charge is 0.164 e. The molecule has 256 valence electrons. The molecular weight excluding hydrogens is 711 g/mol. The highest BCUT2D eigenvalue weighted by Gasteiger charge is 2.23. The van der Waals surface area contributed by atoms with Gasteiger partial charge in [0.2, 0.25) is 0 Å². The first-order valence-electron chi connectivity index (χ1n) is 18.3. The molecule has 0 saturated heterocycles. The molecule has 0 bridgehead atoms. The fourth-order valence-electron chi connectivity index (χ4n) is 8.26. The number of para-hydroxylation sites is 1. The molecule has 0 N–H and O–H groups in total. The van der Waals surface area contributed by atoms with E-state index in [9.17, 15) is 0 Å². The van der Waals surface area contributed by atoms with E-state index < -0.39 is 0 Å². The number of benzene rings is 8. The second-order valence-electron chi connectivity index (χ2n) is 13.9. The minimum Gasteiger partial charge on any atom is -0.455 e. The van der Waals surface area contributed by atoms with E-state index in [0.29, 0.717) is 17.5 Å². The van der Waals surface area contributed by atoms with Crippen molar-refractivity contribution < 1.29 is 4.42 Å². The quantitative estimate of drug-likeness (QED) is 0.180. The summed E-state index contributed by atoms with van der Waals surface area (Å²) in [4.78, 5) is 15.8. The predicted molar refractivity (Wildman–Crippen MR) is 232 cm³/mol.